The number of carbonyl (C=O) groups excluding carboxylic acids is 2. The Kier molecular flexibility index (Phi) is 3.04. The van der Waals surface area contributed by atoms with Crippen molar-refractivity contribution in [2.75, 3.05) is 4.90 Å². The van der Waals surface area contributed by atoms with Crippen LogP contribution in [-0.4, -0.2) is 22.9 Å². The number of fused-ring (bicyclic) bond motifs is 5. The predicted octanol–water partition coefficient (Wildman–Crippen LogP) is 2.64. The van der Waals surface area contributed by atoms with Crippen LogP contribution in [0.5, 0.6) is 0 Å². The number of allylic oxidation sites excluding steroid dienone is 4. The molecule has 1 aromatic carbocycles. The molecular formula is C19H17NO4. The van der Waals surface area contributed by atoms with E-state index in [1.54, 1.807) is 12.1 Å². The number of hydrogen-bond donors (Lipinski definition) is 1. The van der Waals surface area contributed by atoms with Gasteiger partial charge < -0.3 is 5.11 Å². The first kappa shape index (κ1) is 14.9. The molecule has 1 N–H and O–H groups in total. The predicted molar refractivity (Wildman–Crippen MR) is 87.4 cm³/mol. The summed E-state index contributed by atoms with van der Waals surface area (Å²) in [7, 11) is 0. The second-order valence-corrected chi connectivity index (χ2v) is 6.81. The SMILES string of the molecule is CC(C)=C1[C@H]2C=C[C@@H]1[C@H]1C(=O)N(c3cccc(C(=O)O)c3)C(=O)[C@@H]12. The van der Waals surface area contributed by atoms with E-state index in [1.807, 2.05) is 26.0 Å². The van der Waals surface area contributed by atoms with E-state index in [0.29, 0.717) is 5.69 Å². The average molecular weight is 323 g/mol. The summed E-state index contributed by atoms with van der Waals surface area (Å²) in [6.45, 7) is 4.04. The van der Waals surface area contributed by atoms with E-state index in [1.165, 1.54) is 28.2 Å². The molecule has 4 atom stereocenters. The molecule has 3 aliphatic rings. The topological polar surface area (TPSA) is 74.7 Å². The van der Waals surface area contributed by atoms with Gasteiger partial charge in [0.2, 0.25) is 11.8 Å². The molecular weight excluding hydrogens is 306 g/mol. The molecule has 0 spiro atoms. The quantitative estimate of drug-likeness (QED) is 0.670. The lowest BCUT2D eigenvalue weighted by atomic mass is 9.85. The van der Waals surface area contributed by atoms with E-state index >= 15 is 0 Å². The van der Waals surface area contributed by atoms with E-state index in [0.717, 1.165) is 0 Å². The number of nitrogens with zero attached hydrogens (tertiary/aromatic N) is 1. The summed E-state index contributed by atoms with van der Waals surface area (Å²) in [5.74, 6) is -2.24. The molecule has 1 saturated carbocycles. The largest absolute Gasteiger partial charge is 0.478 e. The van der Waals surface area contributed by atoms with Gasteiger partial charge in [-0.2, -0.15) is 0 Å². The molecule has 0 unspecified atom stereocenters. The fraction of sp³-hybridized carbons (Fsp3) is 0.316. The van der Waals surface area contributed by atoms with Crippen LogP contribution < -0.4 is 4.90 Å². The minimum Gasteiger partial charge on any atom is -0.478 e. The molecule has 0 radical (unpaired) electrons. The number of aromatic carboxylic acids is 1. The first-order valence-corrected chi connectivity index (χ1v) is 7.98. The standard InChI is InChI=1S/C19H17NO4/c1-9(2)14-12-6-7-13(14)16-15(12)17(21)20(18(16)22)11-5-3-4-10(8-11)19(23)24/h3-8,12-13,15-16H,1-2H3,(H,23,24)/t12-,13+,15-,16-/m1/s1. The van der Waals surface area contributed by atoms with Gasteiger partial charge in [0.15, 0.2) is 0 Å². The Hall–Kier alpha value is -2.69. The molecule has 1 aromatic rings. The fourth-order valence-corrected chi connectivity index (χ4v) is 4.46. The van der Waals surface area contributed by atoms with Gasteiger partial charge in [-0.05, 0) is 32.0 Å². The molecule has 2 amide bonds. The van der Waals surface area contributed by atoms with Crippen molar-refractivity contribution in [1.29, 1.82) is 0 Å². The van der Waals surface area contributed by atoms with Crippen molar-refractivity contribution in [2.24, 2.45) is 23.7 Å². The Morgan fingerprint density at radius 2 is 1.62 bits per heavy atom. The Morgan fingerprint density at radius 3 is 2.12 bits per heavy atom. The third-order valence-electron chi connectivity index (χ3n) is 5.34. The first-order chi connectivity index (χ1) is 11.4. The highest BCUT2D eigenvalue weighted by molar-refractivity contribution is 6.23. The van der Waals surface area contributed by atoms with Gasteiger partial charge in [-0.15, -0.1) is 0 Å². The van der Waals surface area contributed by atoms with E-state index in [9.17, 15) is 14.4 Å². The average Bonchev–Trinajstić information content (AvgIpc) is 3.17. The number of carbonyl (C=O) groups is 3. The zero-order valence-electron chi connectivity index (χ0n) is 13.4. The van der Waals surface area contributed by atoms with Gasteiger partial charge in [0.05, 0.1) is 23.1 Å². The summed E-state index contributed by atoms with van der Waals surface area (Å²) in [6, 6.07) is 6.00. The summed E-state index contributed by atoms with van der Waals surface area (Å²) < 4.78 is 0. The van der Waals surface area contributed by atoms with E-state index < -0.39 is 5.97 Å². The molecule has 2 bridgehead atoms. The maximum absolute atomic E-state index is 12.9. The molecule has 1 heterocycles. The molecule has 4 rings (SSSR count). The molecule has 1 aliphatic heterocycles. The van der Waals surface area contributed by atoms with Gasteiger partial charge in [0.25, 0.3) is 0 Å². The van der Waals surface area contributed by atoms with Gasteiger partial charge in [-0.3, -0.25) is 9.59 Å². The lowest BCUT2D eigenvalue weighted by Gasteiger charge is -2.19. The van der Waals surface area contributed by atoms with Gasteiger partial charge in [0, 0.05) is 11.8 Å². The van der Waals surface area contributed by atoms with Crippen LogP contribution in [0.2, 0.25) is 0 Å². The number of anilines is 1. The third-order valence-corrected chi connectivity index (χ3v) is 5.34. The zero-order valence-corrected chi connectivity index (χ0v) is 13.4. The van der Waals surface area contributed by atoms with Crippen molar-refractivity contribution in [3.05, 3.63) is 53.1 Å². The van der Waals surface area contributed by atoms with Gasteiger partial charge in [-0.25, -0.2) is 9.69 Å². The molecule has 2 fully saturated rings. The van der Waals surface area contributed by atoms with Crippen molar-refractivity contribution >= 4 is 23.5 Å². The summed E-state index contributed by atoms with van der Waals surface area (Å²) >= 11 is 0. The molecule has 2 aliphatic carbocycles. The Balaban J connectivity index is 1.76. The Morgan fingerprint density at radius 1 is 1.04 bits per heavy atom. The number of carboxylic acid groups (broad SMARTS) is 1. The highest BCUT2D eigenvalue weighted by Gasteiger charge is 2.61. The normalized spacial score (nSPS) is 30.2. The second kappa shape index (κ2) is 4.90. The van der Waals surface area contributed by atoms with Crippen molar-refractivity contribution < 1.29 is 19.5 Å². The van der Waals surface area contributed by atoms with Crippen LogP contribution in [0.1, 0.15) is 24.2 Å². The zero-order chi connectivity index (χ0) is 17.2. The van der Waals surface area contributed by atoms with Gasteiger partial charge >= 0.3 is 5.97 Å². The molecule has 24 heavy (non-hydrogen) atoms. The molecule has 1 saturated heterocycles. The smallest absolute Gasteiger partial charge is 0.335 e. The van der Waals surface area contributed by atoms with Crippen molar-refractivity contribution in [3.63, 3.8) is 0 Å². The van der Waals surface area contributed by atoms with Crippen molar-refractivity contribution in [3.8, 4) is 0 Å². The molecule has 0 aromatic heterocycles. The number of rotatable bonds is 2. The Labute approximate surface area is 139 Å². The Bertz CT molecular complexity index is 813. The number of hydrogen-bond acceptors (Lipinski definition) is 3. The summed E-state index contributed by atoms with van der Waals surface area (Å²) in [4.78, 5) is 38.2. The maximum atomic E-state index is 12.9. The summed E-state index contributed by atoms with van der Waals surface area (Å²) in [5.41, 5.74) is 2.78. The van der Waals surface area contributed by atoms with Crippen molar-refractivity contribution in [2.45, 2.75) is 13.8 Å². The first-order valence-electron chi connectivity index (χ1n) is 7.98. The third kappa shape index (κ3) is 1.78. The van der Waals surface area contributed by atoms with E-state index in [4.69, 9.17) is 5.11 Å². The van der Waals surface area contributed by atoms with Crippen molar-refractivity contribution in [1.82, 2.24) is 0 Å². The van der Waals surface area contributed by atoms with Crippen LogP contribution in [0.25, 0.3) is 0 Å². The van der Waals surface area contributed by atoms with Crippen LogP contribution in [0.4, 0.5) is 5.69 Å². The maximum Gasteiger partial charge on any atom is 0.335 e. The van der Waals surface area contributed by atoms with Gasteiger partial charge in [0.1, 0.15) is 0 Å². The minimum absolute atomic E-state index is 0.00546. The van der Waals surface area contributed by atoms with Crippen LogP contribution in [0.15, 0.2) is 47.6 Å². The minimum atomic E-state index is -1.08. The lowest BCUT2D eigenvalue weighted by Crippen LogP contribution is -2.33. The van der Waals surface area contributed by atoms with Gasteiger partial charge in [-0.1, -0.05) is 29.4 Å². The molecule has 122 valence electrons. The number of imide groups is 1. The number of carboxylic acids is 1. The summed E-state index contributed by atoms with van der Waals surface area (Å²) in [5, 5.41) is 9.13. The fourth-order valence-electron chi connectivity index (χ4n) is 4.46. The number of amides is 2. The second-order valence-electron chi connectivity index (χ2n) is 6.81. The summed E-state index contributed by atoms with van der Waals surface area (Å²) in [6.07, 6.45) is 4.08. The van der Waals surface area contributed by atoms with Crippen LogP contribution in [0.3, 0.4) is 0 Å². The van der Waals surface area contributed by atoms with E-state index in [2.05, 4.69) is 0 Å². The monoisotopic (exact) mass is 323 g/mol. The van der Waals surface area contributed by atoms with E-state index in [-0.39, 0.29) is 41.0 Å². The number of benzene rings is 1. The lowest BCUT2D eigenvalue weighted by molar-refractivity contribution is -0.122. The van der Waals surface area contributed by atoms with Crippen LogP contribution >= 0.6 is 0 Å². The van der Waals surface area contributed by atoms with Crippen LogP contribution in [0, 0.1) is 23.7 Å². The molecule has 5 nitrogen and oxygen atoms in total. The van der Waals surface area contributed by atoms with Crippen LogP contribution in [-0.2, 0) is 9.59 Å². The highest BCUT2D eigenvalue weighted by atomic mass is 16.4. The highest BCUT2D eigenvalue weighted by Crippen LogP contribution is 2.57. The molecule has 5 heteroatoms.